The second-order valence-electron chi connectivity index (χ2n) is 5.40. The summed E-state index contributed by atoms with van der Waals surface area (Å²) in [7, 11) is 0. The zero-order valence-electron chi connectivity index (χ0n) is 14.6. The minimum atomic E-state index is -0.353. The highest BCUT2D eigenvalue weighted by Gasteiger charge is 2.22. The molecule has 0 amide bonds. The second kappa shape index (κ2) is 8.92. The fourth-order valence-corrected chi connectivity index (χ4v) is 3.89. The van der Waals surface area contributed by atoms with Gasteiger partial charge in [-0.2, -0.15) is 0 Å². The standard InChI is InChI=1S/C20H17NO4S2/c1-3-11-26-20-21-16(19(23)27-20)12-15-9-10-17(25-15)13-5-7-14(8-6-13)18(22)24-4-2/h3,5-10,12H,1,4,11H2,2H3. The largest absolute Gasteiger partial charge is 0.462 e. The normalized spacial score (nSPS) is 15.1. The van der Waals surface area contributed by atoms with Gasteiger partial charge in [0.2, 0.25) is 5.12 Å². The van der Waals surface area contributed by atoms with Gasteiger partial charge in [0.05, 0.1) is 12.2 Å². The van der Waals surface area contributed by atoms with Gasteiger partial charge in [0.25, 0.3) is 0 Å². The van der Waals surface area contributed by atoms with Crippen LogP contribution < -0.4 is 0 Å². The van der Waals surface area contributed by atoms with Crippen LogP contribution >= 0.6 is 23.5 Å². The van der Waals surface area contributed by atoms with Gasteiger partial charge in [-0.3, -0.25) is 4.79 Å². The first-order valence-electron chi connectivity index (χ1n) is 8.24. The predicted molar refractivity (Wildman–Crippen MR) is 111 cm³/mol. The van der Waals surface area contributed by atoms with Crippen molar-refractivity contribution in [1.29, 1.82) is 0 Å². The highest BCUT2D eigenvalue weighted by Crippen LogP contribution is 2.32. The first-order chi connectivity index (χ1) is 13.1. The number of carbonyl (C=O) groups excluding carboxylic acids is 2. The van der Waals surface area contributed by atoms with E-state index in [1.807, 2.05) is 6.07 Å². The second-order valence-corrected chi connectivity index (χ2v) is 7.63. The van der Waals surface area contributed by atoms with Crippen LogP contribution in [0.15, 0.2) is 64.2 Å². The van der Waals surface area contributed by atoms with E-state index in [2.05, 4.69) is 11.6 Å². The number of benzene rings is 1. The van der Waals surface area contributed by atoms with E-state index in [1.165, 1.54) is 11.8 Å². The van der Waals surface area contributed by atoms with E-state index in [0.717, 1.165) is 17.3 Å². The zero-order chi connectivity index (χ0) is 19.2. The molecule has 27 heavy (non-hydrogen) atoms. The van der Waals surface area contributed by atoms with Gasteiger partial charge in [0, 0.05) is 17.4 Å². The third-order valence-corrected chi connectivity index (χ3v) is 5.52. The molecule has 0 saturated carbocycles. The number of ether oxygens (including phenoxy) is 1. The molecule has 7 heteroatoms. The fraction of sp³-hybridized carbons (Fsp3) is 0.150. The maximum absolute atomic E-state index is 12.0. The van der Waals surface area contributed by atoms with Crippen molar-refractivity contribution in [2.24, 2.45) is 4.99 Å². The Morgan fingerprint density at radius 3 is 2.78 bits per heavy atom. The lowest BCUT2D eigenvalue weighted by atomic mass is 10.1. The Morgan fingerprint density at radius 2 is 2.07 bits per heavy atom. The summed E-state index contributed by atoms with van der Waals surface area (Å²) in [6.45, 7) is 5.76. The van der Waals surface area contributed by atoms with Gasteiger partial charge >= 0.3 is 5.97 Å². The number of aliphatic imine (C=N–C) groups is 1. The molecule has 0 fully saturated rings. The summed E-state index contributed by atoms with van der Waals surface area (Å²) in [6.07, 6.45) is 3.40. The molecule has 0 unspecified atom stereocenters. The third-order valence-electron chi connectivity index (χ3n) is 3.51. The van der Waals surface area contributed by atoms with Crippen molar-refractivity contribution < 1.29 is 18.7 Å². The molecule has 1 aliphatic heterocycles. The van der Waals surface area contributed by atoms with E-state index in [4.69, 9.17) is 9.15 Å². The van der Waals surface area contributed by atoms with Crippen molar-refractivity contribution in [1.82, 2.24) is 0 Å². The molecular formula is C20H17NO4S2. The summed E-state index contributed by atoms with van der Waals surface area (Å²) in [5, 5.41) is -0.0988. The molecular weight excluding hydrogens is 382 g/mol. The van der Waals surface area contributed by atoms with Crippen molar-refractivity contribution in [3.8, 4) is 11.3 Å². The monoisotopic (exact) mass is 399 g/mol. The van der Waals surface area contributed by atoms with E-state index in [9.17, 15) is 9.59 Å². The quantitative estimate of drug-likeness (QED) is 0.386. The topological polar surface area (TPSA) is 68.9 Å². The van der Waals surface area contributed by atoms with Crippen molar-refractivity contribution in [2.75, 3.05) is 12.4 Å². The molecule has 2 heterocycles. The van der Waals surface area contributed by atoms with Crippen LogP contribution in [0, 0.1) is 0 Å². The summed E-state index contributed by atoms with van der Waals surface area (Å²) in [6, 6.07) is 10.6. The average Bonchev–Trinajstić information content (AvgIpc) is 3.27. The molecule has 3 rings (SSSR count). The Balaban J connectivity index is 1.75. The van der Waals surface area contributed by atoms with Gasteiger partial charge in [-0.25, -0.2) is 9.79 Å². The van der Waals surface area contributed by atoms with Crippen molar-refractivity contribution in [2.45, 2.75) is 6.92 Å². The van der Waals surface area contributed by atoms with Gasteiger partial charge in [-0.15, -0.1) is 6.58 Å². The van der Waals surface area contributed by atoms with Crippen LogP contribution in [-0.2, 0) is 9.53 Å². The molecule has 0 radical (unpaired) electrons. The van der Waals surface area contributed by atoms with E-state index in [1.54, 1.807) is 49.4 Å². The van der Waals surface area contributed by atoms with E-state index >= 15 is 0 Å². The predicted octanol–water partition coefficient (Wildman–Crippen LogP) is 5.01. The first-order valence-corrected chi connectivity index (χ1v) is 10.0. The minimum Gasteiger partial charge on any atom is -0.462 e. The molecule has 138 valence electrons. The van der Waals surface area contributed by atoms with Gasteiger partial charge in [0.1, 0.15) is 21.6 Å². The minimum absolute atomic E-state index is 0.0988. The van der Waals surface area contributed by atoms with Crippen LogP contribution in [0.2, 0.25) is 0 Å². The molecule has 0 saturated heterocycles. The maximum atomic E-state index is 12.0. The number of nitrogens with zero attached hydrogens (tertiary/aromatic N) is 1. The van der Waals surface area contributed by atoms with Gasteiger partial charge < -0.3 is 9.15 Å². The molecule has 1 aliphatic rings. The molecule has 0 aliphatic carbocycles. The number of hydrogen-bond acceptors (Lipinski definition) is 7. The average molecular weight is 399 g/mol. The Morgan fingerprint density at radius 1 is 1.30 bits per heavy atom. The Kier molecular flexibility index (Phi) is 6.36. The van der Waals surface area contributed by atoms with Crippen molar-refractivity contribution in [3.63, 3.8) is 0 Å². The summed E-state index contributed by atoms with van der Waals surface area (Å²) in [4.78, 5) is 28.1. The summed E-state index contributed by atoms with van der Waals surface area (Å²) >= 11 is 2.59. The highest BCUT2D eigenvalue weighted by atomic mass is 32.2. The number of rotatable bonds is 6. The molecule has 5 nitrogen and oxygen atoms in total. The van der Waals surface area contributed by atoms with Crippen molar-refractivity contribution in [3.05, 3.63) is 66.1 Å². The molecule has 0 N–H and O–H groups in total. The Labute approximate surface area is 165 Å². The molecule has 2 aromatic rings. The number of thioether (sulfide) groups is 2. The lowest BCUT2D eigenvalue weighted by molar-refractivity contribution is -0.107. The van der Waals surface area contributed by atoms with Crippen molar-refractivity contribution >= 4 is 45.1 Å². The van der Waals surface area contributed by atoms with Gasteiger partial charge in [-0.1, -0.05) is 30.0 Å². The lowest BCUT2D eigenvalue weighted by Crippen LogP contribution is -2.03. The number of furan rings is 1. The van der Waals surface area contributed by atoms with E-state index < -0.39 is 0 Å². The molecule has 1 aromatic carbocycles. The molecule has 0 atom stereocenters. The maximum Gasteiger partial charge on any atom is 0.338 e. The Bertz CT molecular complexity index is 926. The smallest absolute Gasteiger partial charge is 0.338 e. The summed E-state index contributed by atoms with van der Waals surface area (Å²) < 4.78 is 11.5. The molecule has 0 spiro atoms. The van der Waals surface area contributed by atoms with E-state index in [0.29, 0.717) is 39.5 Å². The van der Waals surface area contributed by atoms with Crippen LogP contribution in [-0.4, -0.2) is 27.8 Å². The number of carbonyl (C=O) groups is 2. The third kappa shape index (κ3) is 4.81. The van der Waals surface area contributed by atoms with Crippen LogP contribution in [0.4, 0.5) is 0 Å². The molecule has 1 aromatic heterocycles. The SMILES string of the molecule is C=CCSC1=NC(=Cc2ccc(-c3ccc(C(=O)OCC)cc3)o2)C(=O)S1. The number of hydrogen-bond donors (Lipinski definition) is 0. The zero-order valence-corrected chi connectivity index (χ0v) is 16.3. The van der Waals surface area contributed by atoms with Crippen LogP contribution in [0.25, 0.3) is 17.4 Å². The fourth-order valence-electron chi connectivity index (χ4n) is 2.29. The summed E-state index contributed by atoms with van der Waals surface area (Å²) in [5.74, 6) is 1.54. The van der Waals surface area contributed by atoms with Gasteiger partial charge in [-0.05, 0) is 43.0 Å². The lowest BCUT2D eigenvalue weighted by Gasteiger charge is -2.02. The van der Waals surface area contributed by atoms with Gasteiger partial charge in [0.15, 0.2) is 0 Å². The highest BCUT2D eigenvalue weighted by molar-refractivity contribution is 8.45. The van der Waals surface area contributed by atoms with E-state index in [-0.39, 0.29) is 11.1 Å². The summed E-state index contributed by atoms with van der Waals surface area (Å²) in [5.41, 5.74) is 1.68. The van der Waals surface area contributed by atoms with Crippen LogP contribution in [0.1, 0.15) is 23.0 Å². The Hall–Kier alpha value is -2.51. The first kappa shape index (κ1) is 19.3. The van der Waals surface area contributed by atoms with Crippen LogP contribution in [0.3, 0.4) is 0 Å². The number of esters is 1. The van der Waals surface area contributed by atoms with Crippen LogP contribution in [0.5, 0.6) is 0 Å². The molecule has 0 bridgehead atoms.